The van der Waals surface area contributed by atoms with Gasteiger partial charge in [-0.15, -0.1) is 0 Å². The summed E-state index contributed by atoms with van der Waals surface area (Å²) in [5, 5.41) is 4.74. The summed E-state index contributed by atoms with van der Waals surface area (Å²) in [6.45, 7) is 12.5. The van der Waals surface area contributed by atoms with Gasteiger partial charge in [-0.1, -0.05) is 28.9 Å². The number of aromatic nitrogens is 2. The minimum absolute atomic E-state index is 0.0353. The van der Waals surface area contributed by atoms with Crippen LogP contribution in [-0.4, -0.2) is 40.6 Å². The van der Waals surface area contributed by atoms with E-state index in [9.17, 15) is 9.36 Å². The lowest BCUT2D eigenvalue weighted by Crippen LogP contribution is -2.33. The van der Waals surface area contributed by atoms with Crippen LogP contribution in [0.15, 0.2) is 28.8 Å². The van der Waals surface area contributed by atoms with Gasteiger partial charge in [0.15, 0.2) is 5.82 Å². The Kier molecular flexibility index (Phi) is 7.54. The van der Waals surface area contributed by atoms with Gasteiger partial charge in [-0.3, -0.25) is 9.36 Å². The van der Waals surface area contributed by atoms with Gasteiger partial charge < -0.3 is 13.8 Å². The normalized spacial score (nSPS) is 15.5. The Labute approximate surface area is 182 Å². The second-order valence-corrected chi connectivity index (χ2v) is 11.9. The molecule has 2 unspecified atom stereocenters. The van der Waals surface area contributed by atoms with Crippen molar-refractivity contribution in [2.24, 2.45) is 0 Å². The SMILES string of the molecule is CCOP(C)(=O)C(Cc1nc(C(C)(C)c2ccc(Cl)cc2)no1)C(=O)OC(C)(C)C. The van der Waals surface area contributed by atoms with Gasteiger partial charge in [0, 0.05) is 18.1 Å². The molecule has 0 fully saturated rings. The van der Waals surface area contributed by atoms with Gasteiger partial charge in [0.25, 0.3) is 0 Å². The summed E-state index contributed by atoms with van der Waals surface area (Å²) >= 11 is 5.98. The quantitative estimate of drug-likeness (QED) is 0.396. The molecule has 0 spiro atoms. The van der Waals surface area contributed by atoms with E-state index in [1.165, 1.54) is 6.66 Å². The summed E-state index contributed by atoms with van der Waals surface area (Å²) in [7, 11) is -3.32. The van der Waals surface area contributed by atoms with Crippen molar-refractivity contribution in [3.63, 3.8) is 0 Å². The molecule has 0 aliphatic rings. The van der Waals surface area contributed by atoms with Crippen LogP contribution in [0.4, 0.5) is 0 Å². The molecular weight excluding hydrogens is 427 g/mol. The van der Waals surface area contributed by atoms with Crippen LogP contribution >= 0.6 is 19.0 Å². The van der Waals surface area contributed by atoms with Gasteiger partial charge in [0.2, 0.25) is 13.3 Å². The van der Waals surface area contributed by atoms with E-state index in [1.54, 1.807) is 39.8 Å². The van der Waals surface area contributed by atoms with Crippen LogP contribution in [0.25, 0.3) is 0 Å². The van der Waals surface area contributed by atoms with E-state index in [1.807, 2.05) is 26.0 Å². The zero-order chi connectivity index (χ0) is 22.7. The topological polar surface area (TPSA) is 91.5 Å². The van der Waals surface area contributed by atoms with Crippen molar-refractivity contribution < 1.29 is 23.1 Å². The zero-order valence-corrected chi connectivity index (χ0v) is 20.2. The molecule has 2 aromatic rings. The molecule has 0 amide bonds. The maximum Gasteiger partial charge on any atom is 0.319 e. The monoisotopic (exact) mass is 456 g/mol. The Morgan fingerprint density at radius 1 is 1.20 bits per heavy atom. The standard InChI is InChI=1S/C21H30ClN2O5P/c1-8-27-30(7,26)16(18(25)28-20(2,3)4)13-17-23-19(24-29-17)21(5,6)14-9-11-15(22)12-10-14/h9-12,16H,8,13H2,1-7H3. The maximum atomic E-state index is 13.1. The number of hydrogen-bond donors (Lipinski definition) is 0. The Bertz CT molecular complexity index is 918. The molecule has 0 aliphatic heterocycles. The van der Waals surface area contributed by atoms with Crippen LogP contribution in [0.5, 0.6) is 0 Å². The van der Waals surface area contributed by atoms with E-state index >= 15 is 0 Å². The van der Waals surface area contributed by atoms with Crippen LogP contribution in [0.3, 0.4) is 0 Å². The molecule has 0 bridgehead atoms. The van der Waals surface area contributed by atoms with Crippen LogP contribution < -0.4 is 0 Å². The summed E-state index contributed by atoms with van der Waals surface area (Å²) in [6, 6.07) is 7.40. The number of rotatable bonds is 8. The van der Waals surface area contributed by atoms with Crippen molar-refractivity contribution in [2.45, 2.75) is 64.6 Å². The van der Waals surface area contributed by atoms with E-state index in [4.69, 9.17) is 25.4 Å². The lowest BCUT2D eigenvalue weighted by Gasteiger charge is -2.26. The number of carbonyl (C=O) groups is 1. The molecule has 1 aromatic carbocycles. The van der Waals surface area contributed by atoms with Crippen molar-refractivity contribution in [1.29, 1.82) is 0 Å². The van der Waals surface area contributed by atoms with Crippen molar-refractivity contribution in [3.05, 3.63) is 46.6 Å². The number of carbonyl (C=O) groups excluding carboxylic acids is 1. The highest BCUT2D eigenvalue weighted by molar-refractivity contribution is 7.60. The number of ether oxygens (including phenoxy) is 1. The Morgan fingerprint density at radius 2 is 1.80 bits per heavy atom. The van der Waals surface area contributed by atoms with Gasteiger partial charge in [-0.2, -0.15) is 4.98 Å². The number of nitrogens with zero attached hydrogens (tertiary/aromatic N) is 2. The van der Waals surface area contributed by atoms with E-state index in [-0.39, 0.29) is 18.9 Å². The first-order valence-electron chi connectivity index (χ1n) is 9.80. The highest BCUT2D eigenvalue weighted by atomic mass is 35.5. The molecule has 0 N–H and O–H groups in total. The van der Waals surface area contributed by atoms with Crippen LogP contribution in [0.1, 0.15) is 58.8 Å². The molecular formula is C21H30ClN2O5P. The van der Waals surface area contributed by atoms with Gasteiger partial charge in [0.05, 0.1) is 12.0 Å². The number of halogens is 1. The molecule has 166 valence electrons. The fourth-order valence-corrected chi connectivity index (χ4v) is 4.65. The first kappa shape index (κ1) is 24.6. The minimum Gasteiger partial charge on any atom is -0.459 e. The van der Waals surface area contributed by atoms with Crippen LogP contribution in [0, 0.1) is 0 Å². The smallest absolute Gasteiger partial charge is 0.319 e. The van der Waals surface area contributed by atoms with Crippen molar-refractivity contribution in [1.82, 2.24) is 10.1 Å². The third-order valence-electron chi connectivity index (χ3n) is 4.59. The third kappa shape index (κ3) is 6.16. The largest absolute Gasteiger partial charge is 0.459 e. The molecule has 7 nitrogen and oxygen atoms in total. The summed E-state index contributed by atoms with van der Waals surface area (Å²) < 4.78 is 29.4. The molecule has 9 heteroatoms. The van der Waals surface area contributed by atoms with E-state index in [2.05, 4.69) is 10.1 Å². The van der Waals surface area contributed by atoms with Crippen LogP contribution in [-0.2, 0) is 30.5 Å². The van der Waals surface area contributed by atoms with Gasteiger partial charge in [-0.05, 0) is 59.2 Å². The van der Waals surface area contributed by atoms with Crippen molar-refractivity contribution in [2.75, 3.05) is 13.3 Å². The van der Waals surface area contributed by atoms with E-state index in [0.717, 1.165) is 5.56 Å². The molecule has 1 heterocycles. The van der Waals surface area contributed by atoms with Gasteiger partial charge >= 0.3 is 5.97 Å². The van der Waals surface area contributed by atoms with Crippen LogP contribution in [0.2, 0.25) is 5.02 Å². The molecule has 0 saturated heterocycles. The summed E-state index contributed by atoms with van der Waals surface area (Å²) in [5.74, 6) is 0.0354. The van der Waals surface area contributed by atoms with Gasteiger partial charge in [0.1, 0.15) is 11.3 Å². The second kappa shape index (κ2) is 9.21. The maximum absolute atomic E-state index is 13.1. The van der Waals surface area contributed by atoms with Gasteiger partial charge in [-0.25, -0.2) is 0 Å². The molecule has 0 radical (unpaired) electrons. The minimum atomic E-state index is -3.32. The molecule has 1 aromatic heterocycles. The Balaban J connectivity index is 2.31. The predicted molar refractivity (Wildman–Crippen MR) is 116 cm³/mol. The summed E-state index contributed by atoms with van der Waals surface area (Å²) in [6.07, 6.45) is -0.0353. The first-order valence-corrected chi connectivity index (χ1v) is 12.3. The van der Waals surface area contributed by atoms with E-state index in [0.29, 0.717) is 10.8 Å². The lowest BCUT2D eigenvalue weighted by molar-refractivity contribution is -0.154. The third-order valence-corrected chi connectivity index (χ3v) is 7.14. The Hall–Kier alpha value is -1.69. The number of hydrogen-bond acceptors (Lipinski definition) is 7. The number of esters is 1. The predicted octanol–water partition coefficient (Wildman–Crippen LogP) is 5.25. The van der Waals surface area contributed by atoms with Crippen molar-refractivity contribution >= 4 is 24.9 Å². The molecule has 0 aliphatic carbocycles. The average Bonchev–Trinajstić information content (AvgIpc) is 3.08. The number of benzene rings is 1. The second-order valence-electron chi connectivity index (χ2n) is 8.72. The zero-order valence-electron chi connectivity index (χ0n) is 18.6. The molecule has 30 heavy (non-hydrogen) atoms. The highest BCUT2D eigenvalue weighted by Crippen LogP contribution is 2.50. The fourth-order valence-electron chi connectivity index (χ4n) is 2.91. The molecule has 2 atom stereocenters. The van der Waals surface area contributed by atoms with E-state index < -0.39 is 30.0 Å². The highest BCUT2D eigenvalue weighted by Gasteiger charge is 2.40. The summed E-state index contributed by atoms with van der Waals surface area (Å²) in [4.78, 5) is 17.2. The first-order chi connectivity index (χ1) is 13.8. The molecule has 0 saturated carbocycles. The Morgan fingerprint density at radius 3 is 2.33 bits per heavy atom. The summed E-state index contributed by atoms with van der Waals surface area (Å²) in [5.41, 5.74) is -1.36. The average molecular weight is 457 g/mol. The molecule has 2 rings (SSSR count). The van der Waals surface area contributed by atoms with Crippen molar-refractivity contribution in [3.8, 4) is 0 Å². The lowest BCUT2D eigenvalue weighted by atomic mass is 9.84. The fraction of sp³-hybridized carbons (Fsp3) is 0.571.